The number of hydrogen-bond acceptors (Lipinski definition) is 4. The highest BCUT2D eigenvalue weighted by molar-refractivity contribution is 6.27. The van der Waals surface area contributed by atoms with Gasteiger partial charge in [-0.2, -0.15) is 0 Å². The van der Waals surface area contributed by atoms with Gasteiger partial charge in [0.2, 0.25) is 11.8 Å². The van der Waals surface area contributed by atoms with Crippen LogP contribution in [0.1, 0.15) is 23.2 Å². The second kappa shape index (κ2) is 6.20. The Hall–Kier alpha value is -3.67. The predicted molar refractivity (Wildman–Crippen MR) is 103 cm³/mol. The molecule has 0 bridgehead atoms. The lowest BCUT2D eigenvalue weighted by Gasteiger charge is -2.30. The van der Waals surface area contributed by atoms with Crippen molar-refractivity contribution >= 4 is 34.2 Å². The van der Waals surface area contributed by atoms with Gasteiger partial charge in [0.05, 0.1) is 5.69 Å². The van der Waals surface area contributed by atoms with Crippen molar-refractivity contribution in [1.29, 1.82) is 0 Å². The number of nitrogens with zero attached hydrogens (tertiary/aromatic N) is 1. The summed E-state index contributed by atoms with van der Waals surface area (Å²) < 4.78 is 6.03. The number of anilines is 1. The molecule has 138 valence electrons. The normalized spacial score (nSPS) is 18.5. The number of rotatable bonds is 3. The Morgan fingerprint density at radius 2 is 1.75 bits per heavy atom. The largest absolute Gasteiger partial charge is 0.457 e. The van der Waals surface area contributed by atoms with Crippen molar-refractivity contribution in [3.05, 3.63) is 66.2 Å². The lowest BCUT2D eigenvalue weighted by molar-refractivity contribution is -0.134. The lowest BCUT2D eigenvalue weighted by Crippen LogP contribution is -2.53. The second-order valence-electron chi connectivity index (χ2n) is 6.87. The standard InChI is InChI=1S/C22H16N2O4/c25-19-12-10-17(21(26)23-19)24-16-9-11-18(28-13-5-2-1-3-6-13)14-7-4-8-15(20(14)16)22(24)27/h1-9,11,17H,10,12H2,(H,23,25,26). The minimum absolute atomic E-state index is 0.217. The maximum absolute atomic E-state index is 13.1. The Morgan fingerprint density at radius 1 is 0.929 bits per heavy atom. The topological polar surface area (TPSA) is 75.7 Å². The summed E-state index contributed by atoms with van der Waals surface area (Å²) >= 11 is 0. The van der Waals surface area contributed by atoms with Gasteiger partial charge in [-0.25, -0.2) is 0 Å². The average molecular weight is 372 g/mol. The zero-order valence-electron chi connectivity index (χ0n) is 14.8. The quantitative estimate of drug-likeness (QED) is 0.715. The molecule has 2 aliphatic heterocycles. The molecule has 0 saturated carbocycles. The van der Waals surface area contributed by atoms with Crippen LogP contribution in [0.2, 0.25) is 0 Å². The summed E-state index contributed by atoms with van der Waals surface area (Å²) in [5.41, 5.74) is 1.21. The summed E-state index contributed by atoms with van der Waals surface area (Å²) in [5.74, 6) is 0.378. The van der Waals surface area contributed by atoms with Crippen LogP contribution in [0, 0.1) is 0 Å². The number of nitrogens with one attached hydrogen (secondary N) is 1. The van der Waals surface area contributed by atoms with Crippen LogP contribution in [-0.4, -0.2) is 23.8 Å². The molecule has 6 heteroatoms. The smallest absolute Gasteiger partial charge is 0.259 e. The molecule has 2 heterocycles. The molecule has 0 aromatic heterocycles. The van der Waals surface area contributed by atoms with Crippen molar-refractivity contribution in [2.75, 3.05) is 4.90 Å². The van der Waals surface area contributed by atoms with E-state index in [1.807, 2.05) is 48.5 Å². The number of carbonyl (C=O) groups is 3. The fourth-order valence-electron chi connectivity index (χ4n) is 3.92. The molecule has 28 heavy (non-hydrogen) atoms. The van der Waals surface area contributed by atoms with Crippen LogP contribution < -0.4 is 15.0 Å². The van der Waals surface area contributed by atoms with Crippen molar-refractivity contribution in [3.63, 3.8) is 0 Å². The molecular formula is C22H16N2O4. The predicted octanol–water partition coefficient (Wildman–Crippen LogP) is 3.40. The van der Waals surface area contributed by atoms with E-state index in [-0.39, 0.29) is 18.2 Å². The highest BCUT2D eigenvalue weighted by Gasteiger charge is 2.40. The Labute approximate surface area is 160 Å². The van der Waals surface area contributed by atoms with E-state index in [2.05, 4.69) is 5.32 Å². The molecule has 3 aromatic carbocycles. The van der Waals surface area contributed by atoms with Gasteiger partial charge in [0.25, 0.3) is 5.91 Å². The first kappa shape index (κ1) is 16.5. The SMILES string of the molecule is O=C1CCC(N2C(=O)c3cccc4c(Oc5ccccc5)ccc2c34)C(=O)N1. The number of para-hydroxylation sites is 1. The Balaban J connectivity index is 1.61. The van der Waals surface area contributed by atoms with E-state index in [1.54, 1.807) is 12.1 Å². The zero-order chi connectivity index (χ0) is 19.3. The van der Waals surface area contributed by atoms with Crippen molar-refractivity contribution in [2.24, 2.45) is 0 Å². The van der Waals surface area contributed by atoms with E-state index in [0.29, 0.717) is 29.2 Å². The summed E-state index contributed by atoms with van der Waals surface area (Å²) in [6.45, 7) is 0. The molecule has 1 unspecified atom stereocenters. The van der Waals surface area contributed by atoms with Crippen molar-refractivity contribution in [2.45, 2.75) is 18.9 Å². The van der Waals surface area contributed by atoms with Gasteiger partial charge < -0.3 is 4.74 Å². The van der Waals surface area contributed by atoms with Gasteiger partial charge in [-0.15, -0.1) is 0 Å². The van der Waals surface area contributed by atoms with Gasteiger partial charge in [0.1, 0.15) is 17.5 Å². The van der Waals surface area contributed by atoms with E-state index in [1.165, 1.54) is 4.90 Å². The van der Waals surface area contributed by atoms with Crippen LogP contribution in [0.4, 0.5) is 5.69 Å². The monoisotopic (exact) mass is 372 g/mol. The first-order chi connectivity index (χ1) is 13.6. The number of hydrogen-bond donors (Lipinski definition) is 1. The van der Waals surface area contributed by atoms with Crippen LogP contribution in [0.25, 0.3) is 10.8 Å². The minimum atomic E-state index is -0.693. The molecule has 1 atom stereocenters. The van der Waals surface area contributed by atoms with Crippen molar-refractivity contribution in [3.8, 4) is 11.5 Å². The fraction of sp³-hybridized carbons (Fsp3) is 0.136. The fourth-order valence-corrected chi connectivity index (χ4v) is 3.92. The number of carbonyl (C=O) groups excluding carboxylic acids is 3. The number of amides is 3. The maximum atomic E-state index is 13.1. The molecule has 0 radical (unpaired) electrons. The van der Waals surface area contributed by atoms with E-state index in [9.17, 15) is 14.4 Å². The molecular weight excluding hydrogens is 356 g/mol. The summed E-state index contributed by atoms with van der Waals surface area (Å²) in [7, 11) is 0. The highest BCUT2D eigenvalue weighted by atomic mass is 16.5. The second-order valence-corrected chi connectivity index (χ2v) is 6.87. The first-order valence-electron chi connectivity index (χ1n) is 9.09. The van der Waals surface area contributed by atoms with Crippen molar-refractivity contribution < 1.29 is 19.1 Å². The van der Waals surface area contributed by atoms with Gasteiger partial charge >= 0.3 is 0 Å². The molecule has 5 rings (SSSR count). The molecule has 1 N–H and O–H groups in total. The first-order valence-corrected chi connectivity index (χ1v) is 9.09. The molecule has 0 aliphatic carbocycles. The zero-order valence-corrected chi connectivity index (χ0v) is 14.8. The number of ether oxygens (including phenoxy) is 1. The maximum Gasteiger partial charge on any atom is 0.259 e. The van der Waals surface area contributed by atoms with Gasteiger partial charge in [-0.05, 0) is 36.8 Å². The molecule has 1 fully saturated rings. The molecule has 1 saturated heterocycles. The van der Waals surface area contributed by atoms with Gasteiger partial charge in [-0.3, -0.25) is 24.6 Å². The summed E-state index contributed by atoms with van der Waals surface area (Å²) in [4.78, 5) is 38.5. The van der Waals surface area contributed by atoms with Crippen LogP contribution >= 0.6 is 0 Å². The molecule has 3 aromatic rings. The Kier molecular flexibility index (Phi) is 3.65. The molecule has 0 spiro atoms. The molecule has 3 amide bonds. The van der Waals surface area contributed by atoms with Crippen LogP contribution in [-0.2, 0) is 9.59 Å². The van der Waals surface area contributed by atoms with E-state index in [0.717, 1.165) is 10.8 Å². The third kappa shape index (κ3) is 2.45. The third-order valence-corrected chi connectivity index (χ3v) is 5.18. The van der Waals surface area contributed by atoms with E-state index < -0.39 is 11.9 Å². The average Bonchev–Trinajstić information content (AvgIpc) is 2.98. The molecule has 6 nitrogen and oxygen atoms in total. The highest BCUT2D eigenvalue weighted by Crippen LogP contribution is 2.44. The summed E-state index contributed by atoms with van der Waals surface area (Å²) in [6.07, 6.45) is 0.531. The van der Waals surface area contributed by atoms with Crippen LogP contribution in [0.3, 0.4) is 0 Å². The number of piperidine rings is 1. The minimum Gasteiger partial charge on any atom is -0.457 e. The number of imide groups is 1. The Bertz CT molecular complexity index is 1140. The van der Waals surface area contributed by atoms with E-state index >= 15 is 0 Å². The number of benzene rings is 3. The lowest BCUT2D eigenvalue weighted by atomic mass is 10.0. The third-order valence-electron chi connectivity index (χ3n) is 5.18. The Morgan fingerprint density at radius 3 is 2.54 bits per heavy atom. The summed E-state index contributed by atoms with van der Waals surface area (Å²) in [5, 5.41) is 3.91. The van der Waals surface area contributed by atoms with Crippen LogP contribution in [0.5, 0.6) is 11.5 Å². The van der Waals surface area contributed by atoms with E-state index in [4.69, 9.17) is 4.74 Å². The van der Waals surface area contributed by atoms with Gasteiger partial charge in [0.15, 0.2) is 0 Å². The summed E-state index contributed by atoms with van der Waals surface area (Å²) in [6, 6.07) is 17.8. The van der Waals surface area contributed by atoms with Crippen molar-refractivity contribution in [1.82, 2.24) is 5.32 Å². The molecule has 2 aliphatic rings. The van der Waals surface area contributed by atoms with Gasteiger partial charge in [0, 0.05) is 22.8 Å². The van der Waals surface area contributed by atoms with Gasteiger partial charge in [-0.1, -0.05) is 30.3 Å². The van der Waals surface area contributed by atoms with Crippen LogP contribution in [0.15, 0.2) is 60.7 Å².